The third-order valence-electron chi connectivity index (χ3n) is 5.18. The van der Waals surface area contributed by atoms with Gasteiger partial charge >= 0.3 is 0 Å². The largest absolute Gasteiger partial charge is 0.388 e. The van der Waals surface area contributed by atoms with E-state index in [2.05, 4.69) is 29.3 Å². The van der Waals surface area contributed by atoms with Gasteiger partial charge in [0.05, 0.1) is 17.7 Å². The minimum Gasteiger partial charge on any atom is -0.388 e. The maximum absolute atomic E-state index is 12.4. The number of hydrogen-bond donors (Lipinski definition) is 2. The van der Waals surface area contributed by atoms with Crippen molar-refractivity contribution in [2.24, 2.45) is 5.92 Å². The van der Waals surface area contributed by atoms with Crippen LogP contribution in [0.25, 0.3) is 0 Å². The number of nitrogens with zero attached hydrogens (tertiary/aromatic N) is 1. The zero-order valence-electron chi connectivity index (χ0n) is 14.2. The Morgan fingerprint density at radius 3 is 2.65 bits per heavy atom. The van der Waals surface area contributed by atoms with Crippen LogP contribution in [-0.2, 0) is 4.79 Å². The summed E-state index contributed by atoms with van der Waals surface area (Å²) in [7, 11) is 0. The van der Waals surface area contributed by atoms with Crippen LogP contribution in [0.1, 0.15) is 51.1 Å². The molecule has 3 atom stereocenters. The molecule has 1 saturated carbocycles. The van der Waals surface area contributed by atoms with E-state index in [9.17, 15) is 9.90 Å². The summed E-state index contributed by atoms with van der Waals surface area (Å²) in [4.78, 5) is 14.8. The normalized spacial score (nSPS) is 31.8. The summed E-state index contributed by atoms with van der Waals surface area (Å²) in [6.07, 6.45) is 3.71. The van der Waals surface area contributed by atoms with E-state index in [0.29, 0.717) is 6.42 Å². The summed E-state index contributed by atoms with van der Waals surface area (Å²) in [6, 6.07) is 10.0. The highest BCUT2D eigenvalue weighted by Gasteiger charge is 2.47. The van der Waals surface area contributed by atoms with Crippen LogP contribution in [0, 0.1) is 5.92 Å². The number of likely N-dealkylation sites (tertiary alicyclic amines) is 1. The van der Waals surface area contributed by atoms with Crippen LogP contribution >= 0.6 is 0 Å². The van der Waals surface area contributed by atoms with E-state index in [1.165, 1.54) is 5.56 Å². The van der Waals surface area contributed by atoms with E-state index in [-0.39, 0.29) is 23.9 Å². The van der Waals surface area contributed by atoms with Gasteiger partial charge in [0.2, 0.25) is 5.91 Å². The summed E-state index contributed by atoms with van der Waals surface area (Å²) >= 11 is 0. The Morgan fingerprint density at radius 2 is 2.04 bits per heavy atom. The number of benzene rings is 1. The fourth-order valence-electron chi connectivity index (χ4n) is 3.66. The second kappa shape index (κ2) is 6.62. The predicted molar refractivity (Wildman–Crippen MR) is 90.9 cm³/mol. The fraction of sp³-hybridized carbons (Fsp3) is 0.632. The second-order valence-electron chi connectivity index (χ2n) is 7.26. The average molecular weight is 316 g/mol. The summed E-state index contributed by atoms with van der Waals surface area (Å²) in [6.45, 7) is 5.87. The predicted octanol–water partition coefficient (Wildman–Crippen LogP) is 2.49. The second-order valence-corrected chi connectivity index (χ2v) is 7.26. The van der Waals surface area contributed by atoms with Gasteiger partial charge in [-0.1, -0.05) is 37.3 Å². The van der Waals surface area contributed by atoms with E-state index in [0.717, 1.165) is 32.4 Å². The molecule has 0 aromatic heterocycles. The molecule has 4 heteroatoms. The minimum absolute atomic E-state index is 0.0302. The lowest BCUT2D eigenvalue weighted by atomic mass is 9.79. The van der Waals surface area contributed by atoms with Crippen LogP contribution in [0.15, 0.2) is 30.3 Å². The van der Waals surface area contributed by atoms with E-state index >= 15 is 0 Å². The Bertz CT molecular complexity index is 540. The van der Waals surface area contributed by atoms with E-state index in [1.807, 2.05) is 25.1 Å². The number of nitrogens with one attached hydrogen (secondary N) is 1. The van der Waals surface area contributed by atoms with Crippen molar-refractivity contribution in [2.75, 3.05) is 13.1 Å². The highest BCUT2D eigenvalue weighted by molar-refractivity contribution is 5.81. The molecule has 1 aliphatic carbocycles. The third-order valence-corrected chi connectivity index (χ3v) is 5.18. The van der Waals surface area contributed by atoms with Crippen LogP contribution < -0.4 is 5.32 Å². The number of piperidine rings is 1. The van der Waals surface area contributed by atoms with E-state index in [4.69, 9.17) is 0 Å². The highest BCUT2D eigenvalue weighted by atomic mass is 16.3. The molecule has 0 bridgehead atoms. The maximum Gasteiger partial charge on any atom is 0.223 e. The SMILES string of the molecule is CCCN1CCC(C)(O)C(NC(=O)C2CC2)C1c1ccccc1. The first kappa shape index (κ1) is 16.5. The summed E-state index contributed by atoms with van der Waals surface area (Å²) in [5, 5.41) is 14.1. The van der Waals surface area contributed by atoms with Crippen molar-refractivity contribution >= 4 is 5.91 Å². The van der Waals surface area contributed by atoms with E-state index < -0.39 is 5.60 Å². The van der Waals surface area contributed by atoms with Gasteiger partial charge in [-0.25, -0.2) is 0 Å². The zero-order valence-corrected chi connectivity index (χ0v) is 14.2. The molecule has 1 aromatic rings. The van der Waals surface area contributed by atoms with Gasteiger partial charge in [0.25, 0.3) is 0 Å². The number of amides is 1. The number of hydrogen-bond acceptors (Lipinski definition) is 3. The van der Waals surface area contributed by atoms with Crippen LogP contribution in [-0.4, -0.2) is 40.6 Å². The molecule has 1 aliphatic heterocycles. The number of carbonyl (C=O) groups is 1. The van der Waals surface area contributed by atoms with Crippen molar-refractivity contribution in [1.29, 1.82) is 0 Å². The lowest BCUT2D eigenvalue weighted by Crippen LogP contribution is -2.62. The Morgan fingerprint density at radius 1 is 1.35 bits per heavy atom. The van der Waals surface area contributed by atoms with Gasteiger partial charge in [0.1, 0.15) is 0 Å². The van der Waals surface area contributed by atoms with Gasteiger partial charge in [0, 0.05) is 12.5 Å². The zero-order chi connectivity index (χ0) is 16.4. The number of aliphatic hydroxyl groups is 1. The molecule has 4 nitrogen and oxygen atoms in total. The van der Waals surface area contributed by atoms with Gasteiger partial charge < -0.3 is 10.4 Å². The van der Waals surface area contributed by atoms with Crippen LogP contribution in [0.5, 0.6) is 0 Å². The molecule has 1 saturated heterocycles. The maximum atomic E-state index is 12.4. The third kappa shape index (κ3) is 3.59. The monoisotopic (exact) mass is 316 g/mol. The van der Waals surface area contributed by atoms with Gasteiger partial charge in [0.15, 0.2) is 0 Å². The first-order valence-corrected chi connectivity index (χ1v) is 8.84. The Hall–Kier alpha value is -1.39. The molecule has 3 unspecified atom stereocenters. The smallest absolute Gasteiger partial charge is 0.223 e. The molecule has 1 aromatic carbocycles. The van der Waals surface area contributed by atoms with Crippen molar-refractivity contribution in [3.05, 3.63) is 35.9 Å². The molecule has 0 radical (unpaired) electrons. The standard InChI is InChI=1S/C19H28N2O2/c1-3-12-21-13-11-19(2,23)17(20-18(22)15-9-10-15)16(21)14-7-5-4-6-8-14/h4-8,15-17,23H,3,9-13H2,1-2H3,(H,20,22). The first-order chi connectivity index (χ1) is 11.0. The van der Waals surface area contributed by atoms with Gasteiger partial charge in [-0.3, -0.25) is 9.69 Å². The van der Waals surface area contributed by atoms with Crippen molar-refractivity contribution in [2.45, 2.75) is 57.2 Å². The minimum atomic E-state index is -0.880. The van der Waals surface area contributed by atoms with Crippen molar-refractivity contribution in [1.82, 2.24) is 10.2 Å². The number of rotatable bonds is 5. The van der Waals surface area contributed by atoms with Crippen LogP contribution in [0.4, 0.5) is 0 Å². The Balaban J connectivity index is 1.91. The lowest BCUT2D eigenvalue weighted by molar-refractivity contribution is -0.129. The highest BCUT2D eigenvalue weighted by Crippen LogP contribution is 2.38. The Kier molecular flexibility index (Phi) is 4.74. The summed E-state index contributed by atoms with van der Waals surface area (Å²) in [5.41, 5.74) is 0.289. The average Bonchev–Trinajstić information content (AvgIpc) is 3.37. The van der Waals surface area contributed by atoms with Crippen molar-refractivity contribution in [3.8, 4) is 0 Å². The molecule has 2 fully saturated rings. The van der Waals surface area contributed by atoms with Crippen LogP contribution in [0.3, 0.4) is 0 Å². The molecule has 2 aliphatic rings. The van der Waals surface area contributed by atoms with Crippen molar-refractivity contribution < 1.29 is 9.90 Å². The fourth-order valence-corrected chi connectivity index (χ4v) is 3.66. The number of carbonyl (C=O) groups excluding carboxylic acids is 1. The quantitative estimate of drug-likeness (QED) is 0.877. The van der Waals surface area contributed by atoms with Gasteiger partial charge in [-0.2, -0.15) is 0 Å². The molecule has 2 N–H and O–H groups in total. The molecular formula is C19H28N2O2. The van der Waals surface area contributed by atoms with Crippen molar-refractivity contribution in [3.63, 3.8) is 0 Å². The lowest BCUT2D eigenvalue weighted by Gasteiger charge is -2.49. The van der Waals surface area contributed by atoms with E-state index in [1.54, 1.807) is 0 Å². The molecule has 1 heterocycles. The molecule has 1 amide bonds. The molecule has 23 heavy (non-hydrogen) atoms. The summed E-state index contributed by atoms with van der Waals surface area (Å²) < 4.78 is 0. The Labute approximate surface area is 138 Å². The van der Waals surface area contributed by atoms with Crippen LogP contribution in [0.2, 0.25) is 0 Å². The van der Waals surface area contributed by atoms with Gasteiger partial charge in [-0.15, -0.1) is 0 Å². The molecular weight excluding hydrogens is 288 g/mol. The summed E-state index contributed by atoms with van der Waals surface area (Å²) in [5.74, 6) is 0.262. The molecule has 126 valence electrons. The molecule has 3 rings (SSSR count). The topological polar surface area (TPSA) is 52.6 Å². The van der Waals surface area contributed by atoms with Gasteiger partial charge in [-0.05, 0) is 44.7 Å². The molecule has 0 spiro atoms. The first-order valence-electron chi connectivity index (χ1n) is 8.84.